The van der Waals surface area contributed by atoms with Gasteiger partial charge in [-0.1, -0.05) is 45.2 Å². The average Bonchev–Trinajstić information content (AvgIpc) is 2.56. The minimum Gasteiger partial charge on any atom is -0.462 e. The van der Waals surface area contributed by atoms with Crippen molar-refractivity contribution in [1.82, 2.24) is 0 Å². The fraction of sp³-hybridized carbons (Fsp3) is 0.263. The summed E-state index contributed by atoms with van der Waals surface area (Å²) in [6.07, 6.45) is -0.595. The Kier molecular flexibility index (Phi) is 7.65. The number of hydrogen-bond donors (Lipinski definition) is 0. The van der Waals surface area contributed by atoms with Crippen LogP contribution in [0.4, 0.5) is 4.39 Å². The maximum Gasteiger partial charge on any atom is 0.312 e. The lowest BCUT2D eigenvalue weighted by Crippen LogP contribution is -2.27. The minimum absolute atomic E-state index is 0.0679. The SMILES string of the molecule is CC(=O)O[C@@H](C)C(Br)CC(=O)Oc1ccc(F)cc1-c1c(Cl)cccc1Cl. The standard InChI is InChI=1S/C19H16BrCl2FO4/c1-10(26-11(2)24)14(20)9-18(25)27-17-7-6-12(23)8-13(17)19-15(21)4-3-5-16(19)22/h3-8,10,14H,9H2,1-2H3/t10-,14?/m0/s1. The maximum atomic E-state index is 13.8. The Balaban J connectivity index is 2.25. The molecule has 0 saturated carbocycles. The van der Waals surface area contributed by atoms with E-state index in [1.54, 1.807) is 25.1 Å². The van der Waals surface area contributed by atoms with Crippen LogP contribution in [0.25, 0.3) is 11.1 Å². The first-order valence-corrected chi connectivity index (χ1v) is 9.62. The smallest absolute Gasteiger partial charge is 0.312 e. The van der Waals surface area contributed by atoms with Crippen molar-refractivity contribution >= 4 is 51.1 Å². The summed E-state index contributed by atoms with van der Waals surface area (Å²) < 4.78 is 24.2. The van der Waals surface area contributed by atoms with Gasteiger partial charge in [-0.05, 0) is 37.3 Å². The van der Waals surface area contributed by atoms with Gasteiger partial charge in [0.15, 0.2) is 0 Å². The predicted molar refractivity (Wildman–Crippen MR) is 106 cm³/mol. The fourth-order valence-corrected chi connectivity index (χ4v) is 3.34. The lowest BCUT2D eigenvalue weighted by atomic mass is 10.0. The Hall–Kier alpha value is -1.63. The second-order valence-electron chi connectivity index (χ2n) is 5.75. The monoisotopic (exact) mass is 476 g/mol. The predicted octanol–water partition coefficient (Wildman–Crippen LogP) is 5.81. The number of benzene rings is 2. The van der Waals surface area contributed by atoms with Gasteiger partial charge in [-0.3, -0.25) is 9.59 Å². The number of esters is 2. The topological polar surface area (TPSA) is 52.6 Å². The zero-order valence-electron chi connectivity index (χ0n) is 14.5. The van der Waals surface area contributed by atoms with Crippen LogP contribution in [0, 0.1) is 5.82 Å². The van der Waals surface area contributed by atoms with Crippen molar-refractivity contribution in [1.29, 1.82) is 0 Å². The Bertz CT molecular complexity index is 839. The third kappa shape index (κ3) is 5.92. The maximum absolute atomic E-state index is 13.8. The van der Waals surface area contributed by atoms with Crippen LogP contribution in [-0.2, 0) is 14.3 Å². The molecule has 0 aliphatic rings. The van der Waals surface area contributed by atoms with E-state index in [9.17, 15) is 14.0 Å². The molecule has 0 radical (unpaired) electrons. The molecule has 0 N–H and O–H groups in total. The average molecular weight is 478 g/mol. The first-order chi connectivity index (χ1) is 12.7. The van der Waals surface area contributed by atoms with E-state index in [0.29, 0.717) is 15.6 Å². The molecule has 0 heterocycles. The van der Waals surface area contributed by atoms with E-state index in [4.69, 9.17) is 32.7 Å². The number of carbonyl (C=O) groups excluding carboxylic acids is 2. The molecule has 0 amide bonds. The quantitative estimate of drug-likeness (QED) is 0.299. The van der Waals surface area contributed by atoms with Gasteiger partial charge >= 0.3 is 11.9 Å². The van der Waals surface area contributed by atoms with Crippen LogP contribution in [0.1, 0.15) is 20.3 Å². The Labute approximate surface area is 174 Å². The summed E-state index contributed by atoms with van der Waals surface area (Å²) in [4.78, 5) is 22.9. The van der Waals surface area contributed by atoms with E-state index in [-0.39, 0.29) is 17.7 Å². The van der Waals surface area contributed by atoms with Gasteiger partial charge < -0.3 is 9.47 Å². The van der Waals surface area contributed by atoms with E-state index < -0.39 is 28.7 Å². The van der Waals surface area contributed by atoms with Crippen molar-refractivity contribution in [2.75, 3.05) is 0 Å². The van der Waals surface area contributed by atoms with Gasteiger partial charge in [-0.2, -0.15) is 0 Å². The molecule has 0 bridgehead atoms. The van der Waals surface area contributed by atoms with Gasteiger partial charge in [-0.25, -0.2) is 4.39 Å². The van der Waals surface area contributed by atoms with Gasteiger partial charge in [0.2, 0.25) is 0 Å². The van der Waals surface area contributed by atoms with Crippen molar-refractivity contribution in [3.63, 3.8) is 0 Å². The molecule has 4 nitrogen and oxygen atoms in total. The molecule has 2 rings (SSSR count). The van der Waals surface area contributed by atoms with Crippen LogP contribution >= 0.6 is 39.1 Å². The highest BCUT2D eigenvalue weighted by Gasteiger charge is 2.23. The molecule has 1 unspecified atom stereocenters. The summed E-state index contributed by atoms with van der Waals surface area (Å²) in [6.45, 7) is 2.94. The van der Waals surface area contributed by atoms with E-state index in [1.807, 2.05) is 0 Å². The van der Waals surface area contributed by atoms with Gasteiger partial charge in [0.1, 0.15) is 17.7 Å². The summed E-state index contributed by atoms with van der Waals surface area (Å²) in [6, 6.07) is 8.57. The Morgan fingerprint density at radius 3 is 2.41 bits per heavy atom. The number of carbonyl (C=O) groups is 2. The molecule has 0 saturated heterocycles. The van der Waals surface area contributed by atoms with Crippen molar-refractivity contribution < 1.29 is 23.5 Å². The third-order valence-electron chi connectivity index (χ3n) is 3.62. The van der Waals surface area contributed by atoms with Crippen LogP contribution < -0.4 is 4.74 Å². The summed E-state index contributed by atoms with van der Waals surface area (Å²) in [5.41, 5.74) is 0.630. The molecule has 27 heavy (non-hydrogen) atoms. The zero-order chi connectivity index (χ0) is 20.1. The highest BCUT2D eigenvalue weighted by atomic mass is 79.9. The second-order valence-corrected chi connectivity index (χ2v) is 7.74. The van der Waals surface area contributed by atoms with Crippen molar-refractivity contribution in [3.05, 3.63) is 52.3 Å². The van der Waals surface area contributed by atoms with Gasteiger partial charge in [-0.15, -0.1) is 0 Å². The number of ether oxygens (including phenoxy) is 2. The number of hydrogen-bond acceptors (Lipinski definition) is 4. The molecular formula is C19H16BrCl2FO4. The van der Waals surface area contributed by atoms with Crippen molar-refractivity contribution in [2.24, 2.45) is 0 Å². The van der Waals surface area contributed by atoms with Crippen LogP contribution in [-0.4, -0.2) is 22.9 Å². The summed E-state index contributed by atoms with van der Waals surface area (Å²) in [5, 5.41) is 0.597. The Morgan fingerprint density at radius 1 is 1.19 bits per heavy atom. The molecule has 2 atom stereocenters. The van der Waals surface area contributed by atoms with Gasteiger partial charge in [0.25, 0.3) is 0 Å². The highest BCUT2D eigenvalue weighted by Crippen LogP contribution is 2.40. The molecule has 0 fully saturated rings. The van der Waals surface area contributed by atoms with E-state index in [0.717, 1.165) is 0 Å². The summed E-state index contributed by atoms with van der Waals surface area (Å²) in [5.74, 6) is -1.44. The van der Waals surface area contributed by atoms with Crippen LogP contribution in [0.3, 0.4) is 0 Å². The van der Waals surface area contributed by atoms with Gasteiger partial charge in [0.05, 0.1) is 21.3 Å². The largest absolute Gasteiger partial charge is 0.462 e. The molecule has 2 aromatic rings. The zero-order valence-corrected chi connectivity index (χ0v) is 17.6. The van der Waals surface area contributed by atoms with Crippen molar-refractivity contribution in [2.45, 2.75) is 31.2 Å². The minimum atomic E-state index is -0.591. The second kappa shape index (κ2) is 9.53. The molecule has 0 aliphatic carbocycles. The molecule has 0 spiro atoms. The van der Waals surface area contributed by atoms with Crippen LogP contribution in [0.2, 0.25) is 10.0 Å². The highest BCUT2D eigenvalue weighted by molar-refractivity contribution is 9.09. The number of rotatable bonds is 6. The molecule has 0 aromatic heterocycles. The van der Waals surface area contributed by atoms with Crippen molar-refractivity contribution in [3.8, 4) is 16.9 Å². The summed E-state index contributed by atoms with van der Waals surface area (Å²) >= 11 is 15.7. The van der Waals surface area contributed by atoms with Crippen LogP contribution in [0.5, 0.6) is 5.75 Å². The third-order valence-corrected chi connectivity index (χ3v) is 5.32. The normalized spacial score (nSPS) is 13.0. The molecule has 8 heteroatoms. The van der Waals surface area contributed by atoms with Gasteiger partial charge in [0, 0.05) is 18.1 Å². The number of alkyl halides is 1. The fourth-order valence-electron chi connectivity index (χ4n) is 2.37. The summed E-state index contributed by atoms with van der Waals surface area (Å²) in [7, 11) is 0. The van der Waals surface area contributed by atoms with E-state index >= 15 is 0 Å². The number of halogens is 4. The molecule has 144 valence electrons. The van der Waals surface area contributed by atoms with E-state index in [2.05, 4.69) is 15.9 Å². The first-order valence-electron chi connectivity index (χ1n) is 7.95. The van der Waals surface area contributed by atoms with Crippen LogP contribution in [0.15, 0.2) is 36.4 Å². The first kappa shape index (κ1) is 21.7. The molecule has 2 aromatic carbocycles. The molecular weight excluding hydrogens is 462 g/mol. The lowest BCUT2D eigenvalue weighted by Gasteiger charge is -2.18. The Morgan fingerprint density at radius 2 is 1.81 bits per heavy atom. The lowest BCUT2D eigenvalue weighted by molar-refractivity contribution is -0.146. The van der Waals surface area contributed by atoms with E-state index in [1.165, 1.54) is 25.1 Å². The molecule has 0 aliphatic heterocycles.